The zero-order chi connectivity index (χ0) is 27.9. The van der Waals surface area contributed by atoms with Crippen LogP contribution in [0, 0.1) is 5.41 Å². The average Bonchev–Trinajstić information content (AvgIpc) is 3.15. The second kappa shape index (κ2) is 10.2. The third-order valence-electron chi connectivity index (χ3n) is 7.40. The van der Waals surface area contributed by atoms with Crippen molar-refractivity contribution >= 4 is 23.8 Å². The van der Waals surface area contributed by atoms with E-state index in [0.717, 1.165) is 0 Å². The van der Waals surface area contributed by atoms with Gasteiger partial charge in [-0.05, 0) is 39.3 Å². The summed E-state index contributed by atoms with van der Waals surface area (Å²) in [6.07, 6.45) is 0.0327. The van der Waals surface area contributed by atoms with Crippen LogP contribution in [0.2, 0.25) is 0 Å². The largest absolute Gasteiger partial charge is 0.444 e. The van der Waals surface area contributed by atoms with Crippen molar-refractivity contribution in [3.63, 3.8) is 0 Å². The highest BCUT2D eigenvalue weighted by atomic mass is 16.6. The lowest BCUT2D eigenvalue weighted by Gasteiger charge is -2.52. The summed E-state index contributed by atoms with van der Waals surface area (Å²) in [4.78, 5) is 57.7. The molecule has 4 heterocycles. The molecule has 0 aliphatic carbocycles. The van der Waals surface area contributed by atoms with Crippen LogP contribution in [0.15, 0.2) is 12.1 Å². The van der Waals surface area contributed by atoms with Crippen LogP contribution < -0.4 is 5.32 Å². The number of imide groups is 1. The number of aromatic nitrogens is 1. The number of hydrogen-bond acceptors (Lipinski definition) is 9. The molecule has 2 fully saturated rings. The summed E-state index contributed by atoms with van der Waals surface area (Å²) in [5.41, 5.74) is -2.22. The lowest BCUT2D eigenvalue weighted by molar-refractivity contribution is -0.186. The molecule has 0 spiro atoms. The maximum atomic E-state index is 13.1. The van der Waals surface area contributed by atoms with Gasteiger partial charge in [-0.1, -0.05) is 0 Å². The summed E-state index contributed by atoms with van der Waals surface area (Å²) in [5, 5.41) is 14.5. The zero-order valence-electron chi connectivity index (χ0n) is 22.5. The van der Waals surface area contributed by atoms with E-state index in [0.29, 0.717) is 17.0 Å². The first-order valence-electron chi connectivity index (χ1n) is 12.7. The van der Waals surface area contributed by atoms with Gasteiger partial charge in [-0.3, -0.25) is 24.7 Å². The van der Waals surface area contributed by atoms with E-state index in [1.165, 1.54) is 19.1 Å². The number of ether oxygens (including phenoxy) is 3. The fraction of sp³-hybridized carbons (Fsp3) is 0.654. The van der Waals surface area contributed by atoms with Crippen molar-refractivity contribution in [1.29, 1.82) is 0 Å². The van der Waals surface area contributed by atoms with Crippen LogP contribution in [0.4, 0.5) is 4.79 Å². The van der Waals surface area contributed by atoms with Crippen molar-refractivity contribution in [2.75, 3.05) is 40.5 Å². The molecule has 1 aromatic heterocycles. The minimum absolute atomic E-state index is 0.0662. The van der Waals surface area contributed by atoms with Crippen LogP contribution >= 0.6 is 0 Å². The van der Waals surface area contributed by atoms with Gasteiger partial charge in [-0.2, -0.15) is 0 Å². The second-order valence-electron chi connectivity index (χ2n) is 11.2. The van der Waals surface area contributed by atoms with E-state index < -0.39 is 34.7 Å². The molecule has 0 aromatic carbocycles. The summed E-state index contributed by atoms with van der Waals surface area (Å²) in [5.74, 6) is -1.21. The molecule has 0 saturated carbocycles. The Bertz CT molecular complexity index is 1130. The molecule has 0 radical (unpaired) electrons. The van der Waals surface area contributed by atoms with Gasteiger partial charge < -0.3 is 29.1 Å². The molecule has 2 saturated heterocycles. The van der Waals surface area contributed by atoms with Crippen LogP contribution in [0.3, 0.4) is 0 Å². The number of carbonyl (C=O) groups is 4. The Labute approximate surface area is 221 Å². The van der Waals surface area contributed by atoms with Gasteiger partial charge in [-0.15, -0.1) is 0 Å². The molecule has 2 unspecified atom stereocenters. The number of methoxy groups -OCH3 is 2. The summed E-state index contributed by atoms with van der Waals surface area (Å²) in [7, 11) is 3.02. The Morgan fingerprint density at radius 2 is 1.87 bits per heavy atom. The molecule has 38 heavy (non-hydrogen) atoms. The van der Waals surface area contributed by atoms with Crippen LogP contribution in [0.1, 0.15) is 61.8 Å². The summed E-state index contributed by atoms with van der Waals surface area (Å²) in [6, 6.07) is 2.45. The van der Waals surface area contributed by atoms with Crippen molar-refractivity contribution in [2.24, 2.45) is 5.41 Å². The number of rotatable bonds is 6. The Hall–Kier alpha value is -3.09. The average molecular weight is 533 g/mol. The quantitative estimate of drug-likeness (QED) is 0.511. The normalized spacial score (nSPS) is 25.3. The van der Waals surface area contributed by atoms with Crippen LogP contribution in [0.5, 0.6) is 0 Å². The van der Waals surface area contributed by atoms with Gasteiger partial charge in [0.15, 0.2) is 0 Å². The maximum Gasteiger partial charge on any atom is 0.410 e. The fourth-order valence-corrected chi connectivity index (χ4v) is 5.61. The van der Waals surface area contributed by atoms with Crippen molar-refractivity contribution in [3.05, 3.63) is 29.1 Å². The Morgan fingerprint density at radius 3 is 2.47 bits per heavy atom. The third-order valence-corrected chi connectivity index (χ3v) is 7.40. The molecule has 1 aromatic rings. The standard InChI is InChI=1S/C26H36N4O8/c1-24(2,3)38-23(34)29-11-10-26(35,25(13-29,14-36-4)15-37-5)19-8-6-16-17(27-19)12-30(22(16)33)18-7-9-20(31)28-21(18)32/h6,8,18,35H,7,9-15H2,1-5H3,(H,28,31,32). The monoisotopic (exact) mass is 532 g/mol. The molecule has 2 N–H and O–H groups in total. The topological polar surface area (TPSA) is 148 Å². The molecule has 208 valence electrons. The third kappa shape index (κ3) is 4.99. The summed E-state index contributed by atoms with van der Waals surface area (Å²) >= 11 is 0. The first-order chi connectivity index (χ1) is 17.8. The second-order valence-corrected chi connectivity index (χ2v) is 11.2. The van der Waals surface area contributed by atoms with E-state index in [2.05, 4.69) is 5.32 Å². The number of fused-ring (bicyclic) bond motifs is 1. The van der Waals surface area contributed by atoms with E-state index in [9.17, 15) is 24.3 Å². The molecular formula is C26H36N4O8. The van der Waals surface area contributed by atoms with Gasteiger partial charge in [-0.25, -0.2) is 4.79 Å². The van der Waals surface area contributed by atoms with Crippen molar-refractivity contribution < 1.29 is 38.5 Å². The smallest absolute Gasteiger partial charge is 0.410 e. The Kier molecular flexibility index (Phi) is 7.52. The van der Waals surface area contributed by atoms with Crippen molar-refractivity contribution in [3.8, 4) is 0 Å². The molecule has 0 bridgehead atoms. The summed E-state index contributed by atoms with van der Waals surface area (Å²) in [6.45, 7) is 5.88. The number of aliphatic hydroxyl groups is 1. The van der Waals surface area contributed by atoms with Crippen LogP contribution in [-0.4, -0.2) is 95.9 Å². The van der Waals surface area contributed by atoms with Gasteiger partial charge in [0, 0.05) is 40.2 Å². The number of hydrogen-bond donors (Lipinski definition) is 2. The molecule has 4 amide bonds. The van der Waals surface area contributed by atoms with Gasteiger partial charge in [0.05, 0.1) is 42.1 Å². The van der Waals surface area contributed by atoms with Crippen molar-refractivity contribution in [1.82, 2.24) is 20.1 Å². The zero-order valence-corrected chi connectivity index (χ0v) is 22.5. The predicted octanol–water partition coefficient (Wildman–Crippen LogP) is 0.950. The molecule has 2 atom stereocenters. The van der Waals surface area contributed by atoms with E-state index in [-0.39, 0.29) is 63.9 Å². The number of carbonyl (C=O) groups excluding carboxylic acids is 4. The molecular weight excluding hydrogens is 496 g/mol. The molecule has 3 aliphatic heterocycles. The first kappa shape index (κ1) is 27.9. The minimum Gasteiger partial charge on any atom is -0.444 e. The molecule has 12 nitrogen and oxygen atoms in total. The number of amides is 4. The Balaban J connectivity index is 1.65. The van der Waals surface area contributed by atoms with E-state index in [1.807, 2.05) is 0 Å². The lowest BCUT2D eigenvalue weighted by atomic mass is 9.66. The van der Waals surface area contributed by atoms with E-state index >= 15 is 0 Å². The van der Waals surface area contributed by atoms with Gasteiger partial charge in [0.25, 0.3) is 5.91 Å². The highest BCUT2D eigenvalue weighted by molar-refractivity contribution is 6.05. The van der Waals surface area contributed by atoms with Crippen molar-refractivity contribution in [2.45, 2.75) is 63.8 Å². The maximum absolute atomic E-state index is 13.1. The predicted molar refractivity (Wildman–Crippen MR) is 133 cm³/mol. The van der Waals surface area contributed by atoms with Gasteiger partial charge in [0.1, 0.15) is 17.2 Å². The van der Waals surface area contributed by atoms with Crippen LogP contribution in [0.25, 0.3) is 0 Å². The number of likely N-dealkylation sites (tertiary alicyclic amines) is 1. The number of piperidine rings is 2. The molecule has 4 rings (SSSR count). The highest BCUT2D eigenvalue weighted by Crippen LogP contribution is 2.47. The van der Waals surface area contributed by atoms with Gasteiger partial charge >= 0.3 is 6.09 Å². The first-order valence-corrected chi connectivity index (χ1v) is 12.7. The number of nitrogens with one attached hydrogen (secondary N) is 1. The highest BCUT2D eigenvalue weighted by Gasteiger charge is 2.57. The van der Waals surface area contributed by atoms with Gasteiger partial charge in [0.2, 0.25) is 11.8 Å². The number of nitrogens with zero attached hydrogens (tertiary/aromatic N) is 3. The van der Waals surface area contributed by atoms with Crippen LogP contribution in [-0.2, 0) is 35.9 Å². The lowest BCUT2D eigenvalue weighted by Crippen LogP contribution is -2.63. The fourth-order valence-electron chi connectivity index (χ4n) is 5.61. The molecule has 12 heteroatoms. The SMILES string of the molecule is COCC1(COC)CN(C(=O)OC(C)(C)C)CCC1(O)c1ccc2c(n1)CN(C1CCC(=O)NC1=O)C2=O. The Morgan fingerprint density at radius 1 is 1.18 bits per heavy atom. The van der Waals surface area contributed by atoms with E-state index in [4.69, 9.17) is 19.2 Å². The van der Waals surface area contributed by atoms with E-state index in [1.54, 1.807) is 37.8 Å². The minimum atomic E-state index is -1.56. The summed E-state index contributed by atoms with van der Waals surface area (Å²) < 4.78 is 16.6. The number of pyridine rings is 1. The molecule has 3 aliphatic rings.